The van der Waals surface area contributed by atoms with Gasteiger partial charge in [-0.15, -0.1) is 0 Å². The molecule has 1 unspecified atom stereocenters. The summed E-state index contributed by atoms with van der Waals surface area (Å²) in [7, 11) is 0. The van der Waals surface area contributed by atoms with Gasteiger partial charge in [-0.3, -0.25) is 0 Å². The van der Waals surface area contributed by atoms with Crippen molar-refractivity contribution in [3.05, 3.63) is 47.0 Å². The molecular weight excluding hydrogens is 182 g/mol. The zero-order valence-electron chi connectivity index (χ0n) is 9.03. The first-order chi connectivity index (χ1) is 7.31. The Bertz CT molecular complexity index is 406. The predicted octanol–water partition coefficient (Wildman–Crippen LogP) is 3.71. The number of rotatable bonds is 1. The van der Waals surface area contributed by atoms with Gasteiger partial charge in [-0.1, -0.05) is 35.9 Å². The molecule has 76 valence electrons. The Kier molecular flexibility index (Phi) is 2.87. The predicted molar refractivity (Wildman–Crippen MR) is 61.5 cm³/mol. The minimum absolute atomic E-state index is 0.337. The number of nitriles is 1. The first-order valence-electron chi connectivity index (χ1n) is 5.48. The summed E-state index contributed by atoms with van der Waals surface area (Å²) in [5.41, 5.74) is 3.51. The minimum Gasteiger partial charge on any atom is -0.193 e. The molecule has 0 heterocycles. The van der Waals surface area contributed by atoms with Crippen LogP contribution in [-0.4, -0.2) is 0 Å². The van der Waals surface area contributed by atoms with Gasteiger partial charge in [0.1, 0.15) is 0 Å². The Labute approximate surface area is 91.0 Å². The van der Waals surface area contributed by atoms with Crippen LogP contribution in [0.25, 0.3) is 0 Å². The molecule has 0 spiro atoms. The lowest BCUT2D eigenvalue weighted by atomic mass is 9.83. The van der Waals surface area contributed by atoms with E-state index in [2.05, 4.69) is 43.3 Å². The monoisotopic (exact) mass is 197 g/mol. The molecule has 0 amide bonds. The lowest BCUT2D eigenvalue weighted by molar-refractivity contribution is 0.636. The number of nitrogens with zero attached hydrogens (tertiary/aromatic N) is 1. The molecular formula is C14H15N. The van der Waals surface area contributed by atoms with E-state index in [-0.39, 0.29) is 0 Å². The molecule has 1 aliphatic rings. The highest BCUT2D eigenvalue weighted by molar-refractivity contribution is 5.38. The smallest absolute Gasteiger partial charge is 0.0950 e. The van der Waals surface area contributed by atoms with Gasteiger partial charge < -0.3 is 0 Å². The number of hydrogen-bond acceptors (Lipinski definition) is 1. The molecule has 0 bridgehead atoms. The van der Waals surface area contributed by atoms with Crippen molar-refractivity contribution in [2.24, 2.45) is 0 Å². The Morgan fingerprint density at radius 3 is 2.67 bits per heavy atom. The van der Waals surface area contributed by atoms with Crippen LogP contribution in [0.3, 0.4) is 0 Å². The van der Waals surface area contributed by atoms with Crippen LogP contribution in [0.2, 0.25) is 0 Å². The third-order valence-electron chi connectivity index (χ3n) is 3.05. The fourth-order valence-electron chi connectivity index (χ4n) is 2.15. The van der Waals surface area contributed by atoms with Crippen molar-refractivity contribution in [1.29, 1.82) is 5.26 Å². The molecule has 0 aromatic heterocycles. The topological polar surface area (TPSA) is 23.8 Å². The van der Waals surface area contributed by atoms with E-state index in [4.69, 9.17) is 5.26 Å². The van der Waals surface area contributed by atoms with Gasteiger partial charge in [0.15, 0.2) is 0 Å². The zero-order valence-corrected chi connectivity index (χ0v) is 9.03. The first-order valence-corrected chi connectivity index (χ1v) is 5.48. The van der Waals surface area contributed by atoms with Crippen LogP contribution in [0.15, 0.2) is 35.9 Å². The number of aryl methyl sites for hydroxylation is 1. The Morgan fingerprint density at radius 1 is 1.27 bits per heavy atom. The molecule has 1 aromatic carbocycles. The summed E-state index contributed by atoms with van der Waals surface area (Å²) in [6.45, 7) is 2.09. The van der Waals surface area contributed by atoms with Crippen molar-refractivity contribution in [3.63, 3.8) is 0 Å². The van der Waals surface area contributed by atoms with Crippen LogP contribution < -0.4 is 0 Å². The molecule has 0 radical (unpaired) electrons. The van der Waals surface area contributed by atoms with Crippen LogP contribution in [0.1, 0.15) is 36.3 Å². The van der Waals surface area contributed by atoms with Gasteiger partial charge in [0.25, 0.3) is 0 Å². The molecule has 1 atom stereocenters. The number of allylic oxidation sites excluding steroid dienone is 2. The van der Waals surface area contributed by atoms with Crippen molar-refractivity contribution < 1.29 is 0 Å². The second-order valence-electron chi connectivity index (χ2n) is 4.17. The van der Waals surface area contributed by atoms with Crippen molar-refractivity contribution in [2.75, 3.05) is 0 Å². The van der Waals surface area contributed by atoms with Crippen molar-refractivity contribution in [3.8, 4) is 6.07 Å². The van der Waals surface area contributed by atoms with Crippen LogP contribution in [-0.2, 0) is 0 Å². The molecule has 2 rings (SSSR count). The van der Waals surface area contributed by atoms with E-state index in [0.29, 0.717) is 5.92 Å². The van der Waals surface area contributed by atoms with Gasteiger partial charge in [-0.05, 0) is 31.7 Å². The number of benzene rings is 1. The normalized spacial score (nSPS) is 20.5. The van der Waals surface area contributed by atoms with E-state index >= 15 is 0 Å². The maximum Gasteiger partial charge on any atom is 0.0950 e. The molecule has 1 aliphatic carbocycles. The molecule has 0 saturated heterocycles. The molecule has 1 heteroatoms. The van der Waals surface area contributed by atoms with E-state index in [9.17, 15) is 0 Å². The zero-order chi connectivity index (χ0) is 10.7. The van der Waals surface area contributed by atoms with Crippen LogP contribution in [0, 0.1) is 18.3 Å². The van der Waals surface area contributed by atoms with Crippen LogP contribution in [0.5, 0.6) is 0 Å². The quantitative estimate of drug-likeness (QED) is 0.673. The lowest BCUT2D eigenvalue weighted by Crippen LogP contribution is -2.05. The van der Waals surface area contributed by atoms with Crippen molar-refractivity contribution >= 4 is 0 Å². The van der Waals surface area contributed by atoms with Gasteiger partial charge in [0, 0.05) is 11.5 Å². The summed E-state index contributed by atoms with van der Waals surface area (Å²) in [6, 6.07) is 10.9. The Morgan fingerprint density at radius 2 is 2.00 bits per heavy atom. The largest absolute Gasteiger partial charge is 0.193 e. The number of hydrogen-bond donors (Lipinski definition) is 0. The second kappa shape index (κ2) is 4.31. The summed E-state index contributed by atoms with van der Waals surface area (Å²) >= 11 is 0. The average molecular weight is 197 g/mol. The van der Waals surface area contributed by atoms with Crippen molar-refractivity contribution in [2.45, 2.75) is 32.1 Å². The van der Waals surface area contributed by atoms with Gasteiger partial charge in [0.05, 0.1) is 6.07 Å². The summed E-state index contributed by atoms with van der Waals surface area (Å²) < 4.78 is 0. The Balaban J connectivity index is 2.30. The lowest BCUT2D eigenvalue weighted by Gasteiger charge is -2.20. The molecule has 0 fully saturated rings. The molecule has 0 N–H and O–H groups in total. The van der Waals surface area contributed by atoms with Gasteiger partial charge in [-0.25, -0.2) is 0 Å². The molecule has 1 nitrogen and oxygen atoms in total. The van der Waals surface area contributed by atoms with E-state index in [1.165, 1.54) is 17.5 Å². The summed E-state index contributed by atoms with van der Waals surface area (Å²) in [5, 5.41) is 9.06. The average Bonchev–Trinajstić information content (AvgIpc) is 2.30. The standard InChI is InChI=1S/C14H15N/c1-11-6-8-12(9-7-11)14-5-3-2-4-13(14)10-15/h4,6-9,14H,2-3,5H2,1H3. The van der Waals surface area contributed by atoms with Crippen LogP contribution >= 0.6 is 0 Å². The summed E-state index contributed by atoms with van der Waals surface area (Å²) in [6.07, 6.45) is 5.46. The van der Waals surface area contributed by atoms with Crippen molar-refractivity contribution in [1.82, 2.24) is 0 Å². The maximum absolute atomic E-state index is 9.06. The molecule has 0 aliphatic heterocycles. The van der Waals surface area contributed by atoms with E-state index < -0.39 is 0 Å². The SMILES string of the molecule is Cc1ccc(C2CCCC=C2C#N)cc1. The molecule has 15 heavy (non-hydrogen) atoms. The fourth-order valence-corrected chi connectivity index (χ4v) is 2.15. The highest BCUT2D eigenvalue weighted by Gasteiger charge is 2.18. The molecule has 1 aromatic rings. The minimum atomic E-state index is 0.337. The van der Waals surface area contributed by atoms with E-state index in [1.54, 1.807) is 0 Å². The van der Waals surface area contributed by atoms with Gasteiger partial charge in [-0.2, -0.15) is 5.26 Å². The molecule has 0 saturated carbocycles. The highest BCUT2D eigenvalue weighted by Crippen LogP contribution is 2.33. The van der Waals surface area contributed by atoms with E-state index in [1.807, 2.05) is 0 Å². The summed E-state index contributed by atoms with van der Waals surface area (Å²) in [5.74, 6) is 0.337. The first kappa shape index (κ1) is 9.98. The van der Waals surface area contributed by atoms with Gasteiger partial charge >= 0.3 is 0 Å². The Hall–Kier alpha value is -1.55. The van der Waals surface area contributed by atoms with Gasteiger partial charge in [0.2, 0.25) is 0 Å². The maximum atomic E-state index is 9.06. The van der Waals surface area contributed by atoms with Crippen LogP contribution in [0.4, 0.5) is 0 Å². The van der Waals surface area contributed by atoms with E-state index in [0.717, 1.165) is 18.4 Å². The summed E-state index contributed by atoms with van der Waals surface area (Å²) in [4.78, 5) is 0. The highest BCUT2D eigenvalue weighted by atomic mass is 14.3. The fraction of sp³-hybridized carbons (Fsp3) is 0.357. The second-order valence-corrected chi connectivity index (χ2v) is 4.17. The third kappa shape index (κ3) is 2.10. The third-order valence-corrected chi connectivity index (χ3v) is 3.05.